The van der Waals surface area contributed by atoms with Crippen LogP contribution in [0.4, 0.5) is 11.5 Å². The maximum Gasteiger partial charge on any atom is 0.199 e. The highest BCUT2D eigenvalue weighted by molar-refractivity contribution is 5.47. The van der Waals surface area contributed by atoms with Crippen LogP contribution in [0, 0.1) is 0 Å². The summed E-state index contributed by atoms with van der Waals surface area (Å²) in [6.07, 6.45) is 3.29. The molecule has 0 saturated carbocycles. The van der Waals surface area contributed by atoms with Gasteiger partial charge in [0, 0.05) is 5.69 Å². The molecule has 7 heteroatoms. The Labute approximate surface area is 109 Å². The summed E-state index contributed by atoms with van der Waals surface area (Å²) >= 11 is 0. The number of aromatic nitrogens is 5. The zero-order chi connectivity index (χ0) is 13.2. The lowest BCUT2D eigenvalue weighted by atomic mass is 10.1. The second-order valence-corrected chi connectivity index (χ2v) is 4.28. The van der Waals surface area contributed by atoms with Gasteiger partial charge in [-0.15, -0.1) is 5.10 Å². The van der Waals surface area contributed by atoms with Crippen molar-refractivity contribution >= 4 is 17.2 Å². The van der Waals surface area contributed by atoms with Crippen molar-refractivity contribution in [2.75, 3.05) is 11.1 Å². The molecule has 0 aliphatic heterocycles. The Morgan fingerprint density at radius 1 is 1.32 bits per heavy atom. The summed E-state index contributed by atoms with van der Waals surface area (Å²) in [5.74, 6) is 0.734. The number of rotatable bonds is 3. The third-order valence-corrected chi connectivity index (χ3v) is 2.88. The lowest BCUT2D eigenvalue weighted by Crippen LogP contribution is -2.11. The number of fused-ring (bicyclic) bond motifs is 1. The summed E-state index contributed by atoms with van der Waals surface area (Å²) in [6, 6.07) is 7.81. The van der Waals surface area contributed by atoms with Crippen LogP contribution >= 0.6 is 0 Å². The van der Waals surface area contributed by atoms with Gasteiger partial charge in [0.25, 0.3) is 0 Å². The van der Waals surface area contributed by atoms with Gasteiger partial charge in [0.1, 0.15) is 0 Å². The second-order valence-electron chi connectivity index (χ2n) is 4.28. The number of nitrogen functional groups attached to an aromatic ring is 1. The molecule has 7 nitrogen and oxygen atoms in total. The van der Waals surface area contributed by atoms with Crippen molar-refractivity contribution in [2.24, 2.45) is 0 Å². The van der Waals surface area contributed by atoms with E-state index >= 15 is 0 Å². The van der Waals surface area contributed by atoms with Gasteiger partial charge < -0.3 is 11.1 Å². The number of benzene rings is 1. The average Bonchev–Trinajstić information content (AvgIpc) is 2.88. The predicted octanol–water partition coefficient (Wildman–Crippen LogP) is 1.27. The molecule has 3 rings (SSSR count). The first-order valence-corrected chi connectivity index (χ1v) is 5.88. The predicted molar refractivity (Wildman–Crippen MR) is 71.5 cm³/mol. The van der Waals surface area contributed by atoms with Gasteiger partial charge >= 0.3 is 0 Å². The number of hydrogen-bond donors (Lipinski definition) is 2. The van der Waals surface area contributed by atoms with E-state index < -0.39 is 0 Å². The van der Waals surface area contributed by atoms with E-state index in [9.17, 15) is 0 Å². The molecule has 1 aromatic carbocycles. The second kappa shape index (κ2) is 4.52. The molecule has 2 heterocycles. The van der Waals surface area contributed by atoms with Crippen molar-refractivity contribution in [1.29, 1.82) is 0 Å². The monoisotopic (exact) mass is 255 g/mol. The fourth-order valence-corrected chi connectivity index (χ4v) is 1.91. The van der Waals surface area contributed by atoms with Crippen LogP contribution in [0.1, 0.15) is 18.5 Å². The zero-order valence-electron chi connectivity index (χ0n) is 10.4. The number of nitrogens with zero attached hydrogens (tertiary/aromatic N) is 5. The highest BCUT2D eigenvalue weighted by atomic mass is 15.5. The Hall–Kier alpha value is -2.70. The van der Waals surface area contributed by atoms with Gasteiger partial charge in [-0.1, -0.05) is 12.1 Å². The van der Waals surface area contributed by atoms with Gasteiger partial charge in [0.15, 0.2) is 11.5 Å². The van der Waals surface area contributed by atoms with Crippen LogP contribution in [-0.2, 0) is 0 Å². The van der Waals surface area contributed by atoms with Crippen LogP contribution in [0.2, 0.25) is 0 Å². The average molecular weight is 255 g/mol. The van der Waals surface area contributed by atoms with Crippen molar-refractivity contribution in [3.63, 3.8) is 0 Å². The molecule has 0 spiro atoms. The van der Waals surface area contributed by atoms with Crippen LogP contribution < -0.4 is 11.1 Å². The van der Waals surface area contributed by atoms with Crippen molar-refractivity contribution in [1.82, 2.24) is 25.0 Å². The van der Waals surface area contributed by atoms with Crippen LogP contribution in [-0.4, -0.2) is 25.0 Å². The Bertz CT molecular complexity index is 706. The van der Waals surface area contributed by atoms with Crippen LogP contribution in [0.3, 0.4) is 0 Å². The largest absolute Gasteiger partial charge is 0.399 e. The minimum atomic E-state index is 0.0695. The highest BCUT2D eigenvalue weighted by Crippen LogP contribution is 2.20. The maximum atomic E-state index is 5.79. The molecule has 1 unspecified atom stereocenters. The molecule has 2 aromatic heterocycles. The van der Waals surface area contributed by atoms with Gasteiger partial charge in [-0.25, -0.2) is 0 Å². The van der Waals surface area contributed by atoms with Gasteiger partial charge in [0.2, 0.25) is 0 Å². The third kappa shape index (κ3) is 2.17. The summed E-state index contributed by atoms with van der Waals surface area (Å²) in [4.78, 5) is 4.10. The quantitative estimate of drug-likeness (QED) is 0.684. The van der Waals surface area contributed by atoms with Crippen molar-refractivity contribution in [2.45, 2.75) is 13.0 Å². The molecule has 0 aliphatic carbocycles. The van der Waals surface area contributed by atoms with Crippen molar-refractivity contribution in [3.8, 4) is 0 Å². The fraction of sp³-hybridized carbons (Fsp3) is 0.167. The van der Waals surface area contributed by atoms with E-state index in [-0.39, 0.29) is 6.04 Å². The summed E-state index contributed by atoms with van der Waals surface area (Å²) in [7, 11) is 0. The Kier molecular flexibility index (Phi) is 2.71. The smallest absolute Gasteiger partial charge is 0.199 e. The number of anilines is 2. The van der Waals surface area contributed by atoms with E-state index in [2.05, 4.69) is 25.8 Å². The molecular weight excluding hydrogens is 242 g/mol. The van der Waals surface area contributed by atoms with E-state index in [1.54, 1.807) is 16.9 Å². The first-order chi connectivity index (χ1) is 9.24. The van der Waals surface area contributed by atoms with Crippen LogP contribution in [0.5, 0.6) is 0 Å². The normalized spacial score (nSPS) is 12.5. The number of hydrogen-bond acceptors (Lipinski definition) is 6. The molecule has 0 amide bonds. The van der Waals surface area contributed by atoms with E-state index in [0.29, 0.717) is 5.65 Å². The molecule has 0 aliphatic rings. The van der Waals surface area contributed by atoms with E-state index in [0.717, 1.165) is 17.1 Å². The van der Waals surface area contributed by atoms with Crippen LogP contribution in [0.15, 0.2) is 36.7 Å². The highest BCUT2D eigenvalue weighted by Gasteiger charge is 2.09. The summed E-state index contributed by atoms with van der Waals surface area (Å²) < 4.78 is 1.61. The van der Waals surface area contributed by atoms with E-state index in [1.165, 1.54) is 0 Å². The summed E-state index contributed by atoms with van der Waals surface area (Å²) in [6.45, 7) is 2.04. The van der Waals surface area contributed by atoms with Gasteiger partial charge in [-0.2, -0.15) is 4.52 Å². The van der Waals surface area contributed by atoms with Gasteiger partial charge in [-0.05, 0) is 35.0 Å². The molecular formula is C12H13N7. The molecule has 3 aromatic rings. The lowest BCUT2D eigenvalue weighted by molar-refractivity contribution is 0.796. The number of tetrazole rings is 1. The van der Waals surface area contributed by atoms with Crippen molar-refractivity contribution < 1.29 is 0 Å². The number of nitrogens with one attached hydrogen (secondary N) is 1. The number of nitrogens with two attached hydrogens (primary N) is 1. The molecule has 96 valence electrons. The minimum Gasteiger partial charge on any atom is -0.399 e. The molecule has 0 saturated heterocycles. The Balaban J connectivity index is 1.90. The molecule has 0 radical (unpaired) electrons. The fourth-order valence-electron chi connectivity index (χ4n) is 1.91. The summed E-state index contributed by atoms with van der Waals surface area (Å²) in [5, 5.41) is 14.7. The Morgan fingerprint density at radius 2 is 2.21 bits per heavy atom. The molecule has 0 bridgehead atoms. The topological polar surface area (TPSA) is 94.0 Å². The minimum absolute atomic E-state index is 0.0695. The molecule has 19 heavy (non-hydrogen) atoms. The first-order valence-electron chi connectivity index (χ1n) is 5.88. The van der Waals surface area contributed by atoms with Crippen LogP contribution in [0.25, 0.3) is 5.65 Å². The molecule has 3 N–H and O–H groups in total. The SMILES string of the molecule is CC(Nc1cncc2nnnn12)c1cccc(N)c1. The molecule has 1 atom stereocenters. The van der Waals surface area contributed by atoms with E-state index in [1.807, 2.05) is 31.2 Å². The van der Waals surface area contributed by atoms with Crippen molar-refractivity contribution in [3.05, 3.63) is 42.2 Å². The van der Waals surface area contributed by atoms with E-state index in [4.69, 9.17) is 5.73 Å². The van der Waals surface area contributed by atoms with Gasteiger partial charge in [0.05, 0.1) is 18.4 Å². The first kappa shape index (κ1) is 11.4. The Morgan fingerprint density at radius 3 is 3.05 bits per heavy atom. The third-order valence-electron chi connectivity index (χ3n) is 2.88. The zero-order valence-corrected chi connectivity index (χ0v) is 10.4. The summed E-state index contributed by atoms with van der Waals surface area (Å²) in [5.41, 5.74) is 8.22. The lowest BCUT2D eigenvalue weighted by Gasteiger charge is -2.15. The standard InChI is InChI=1S/C12H13N7/c1-8(9-3-2-4-10(13)5-9)15-11-6-14-7-12-16-17-18-19(11)12/h2-8,15H,13H2,1H3. The maximum absolute atomic E-state index is 5.79. The van der Waals surface area contributed by atoms with Gasteiger partial charge in [-0.3, -0.25) is 4.98 Å². The molecule has 0 fully saturated rings.